The largest absolute Gasteiger partial charge is 0.315 e. The van der Waals surface area contributed by atoms with Crippen molar-refractivity contribution in [1.82, 2.24) is 5.32 Å². The summed E-state index contributed by atoms with van der Waals surface area (Å²) in [6.45, 7) is 5.18. The first kappa shape index (κ1) is 13.9. The van der Waals surface area contributed by atoms with E-state index in [-0.39, 0.29) is 0 Å². The Hall–Kier alpha value is -0.190. The summed E-state index contributed by atoms with van der Waals surface area (Å²) in [6.07, 6.45) is 0.941. The van der Waals surface area contributed by atoms with Gasteiger partial charge in [0.2, 0.25) is 0 Å². The number of hydrogen-bond donors (Lipinski definition) is 1. The maximum absolute atomic E-state index is 11.9. The van der Waals surface area contributed by atoms with Crippen LogP contribution in [0, 0.1) is 0 Å². The van der Waals surface area contributed by atoms with Gasteiger partial charge in [0.05, 0.1) is 10.8 Å². The maximum atomic E-state index is 11.9. The Morgan fingerprint density at radius 1 is 1.38 bits per heavy atom. The van der Waals surface area contributed by atoms with Crippen LogP contribution in [0.5, 0.6) is 0 Å². The molecule has 90 valence electrons. The third-order valence-electron chi connectivity index (χ3n) is 2.37. The molecule has 0 spiro atoms. The number of nitrogens with one attached hydrogen (secondary N) is 1. The van der Waals surface area contributed by atoms with Crippen LogP contribution < -0.4 is 5.32 Å². The Labute approximate surface area is 108 Å². The Kier molecular flexibility index (Phi) is 6.24. The lowest BCUT2D eigenvalue weighted by atomic mass is 10.3. The van der Waals surface area contributed by atoms with Crippen LogP contribution >= 0.6 is 15.9 Å². The summed E-state index contributed by atoms with van der Waals surface area (Å²) in [6, 6.07) is 8.13. The summed E-state index contributed by atoms with van der Waals surface area (Å²) in [5.74, 6) is 0.718. The normalized spacial score (nSPS) is 14.7. The second-order valence-electron chi connectivity index (χ2n) is 3.75. The van der Waals surface area contributed by atoms with Crippen LogP contribution in [0.1, 0.15) is 20.3 Å². The van der Waals surface area contributed by atoms with Crippen LogP contribution in [-0.2, 0) is 10.8 Å². The fourth-order valence-electron chi connectivity index (χ4n) is 1.44. The molecule has 0 saturated heterocycles. The minimum absolute atomic E-state index is 0.435. The molecular formula is C12H18BrNOS. The van der Waals surface area contributed by atoms with Crippen molar-refractivity contribution in [2.24, 2.45) is 0 Å². The van der Waals surface area contributed by atoms with Crippen LogP contribution in [-0.4, -0.2) is 22.5 Å². The smallest absolute Gasteiger partial charge is 0.0530 e. The summed E-state index contributed by atoms with van der Waals surface area (Å²) < 4.78 is 13.0. The molecule has 0 heterocycles. The van der Waals surface area contributed by atoms with Crippen molar-refractivity contribution < 1.29 is 4.21 Å². The highest BCUT2D eigenvalue weighted by atomic mass is 79.9. The standard InChI is InChI=1S/C12H18BrNOS/c1-3-14-10(2)8-9-16(15)12-6-4-11(13)5-7-12/h4-7,10,14H,3,8-9H2,1-2H3. The van der Waals surface area contributed by atoms with Gasteiger partial charge in [-0.2, -0.15) is 0 Å². The second-order valence-corrected chi connectivity index (χ2v) is 6.24. The topological polar surface area (TPSA) is 29.1 Å². The van der Waals surface area contributed by atoms with Gasteiger partial charge in [0.15, 0.2) is 0 Å². The number of benzene rings is 1. The summed E-state index contributed by atoms with van der Waals surface area (Å²) in [5, 5.41) is 3.32. The van der Waals surface area contributed by atoms with Gasteiger partial charge in [-0.3, -0.25) is 4.21 Å². The van der Waals surface area contributed by atoms with Gasteiger partial charge in [0.1, 0.15) is 0 Å². The molecule has 0 aromatic heterocycles. The minimum atomic E-state index is -0.877. The number of hydrogen-bond acceptors (Lipinski definition) is 2. The molecule has 0 aliphatic heterocycles. The van der Waals surface area contributed by atoms with E-state index in [1.165, 1.54) is 0 Å². The molecule has 4 heteroatoms. The zero-order chi connectivity index (χ0) is 12.0. The lowest BCUT2D eigenvalue weighted by molar-refractivity contribution is 0.553. The quantitative estimate of drug-likeness (QED) is 0.875. The molecule has 1 aromatic carbocycles. The Bertz CT molecular complexity index is 339. The van der Waals surface area contributed by atoms with E-state index in [0.717, 1.165) is 28.1 Å². The molecule has 0 fully saturated rings. The SMILES string of the molecule is CCNC(C)CCS(=O)c1ccc(Br)cc1. The monoisotopic (exact) mass is 303 g/mol. The van der Waals surface area contributed by atoms with Gasteiger partial charge < -0.3 is 5.32 Å². The van der Waals surface area contributed by atoms with Gasteiger partial charge >= 0.3 is 0 Å². The number of halogens is 1. The molecule has 0 amide bonds. The molecule has 2 atom stereocenters. The Balaban J connectivity index is 2.43. The maximum Gasteiger partial charge on any atom is 0.0530 e. The predicted molar refractivity (Wildman–Crippen MR) is 73.2 cm³/mol. The zero-order valence-corrected chi connectivity index (χ0v) is 12.1. The van der Waals surface area contributed by atoms with Gasteiger partial charge in [-0.15, -0.1) is 0 Å². The van der Waals surface area contributed by atoms with E-state index >= 15 is 0 Å². The zero-order valence-electron chi connectivity index (χ0n) is 9.70. The second kappa shape index (κ2) is 7.20. The van der Waals surface area contributed by atoms with Crippen LogP contribution in [0.2, 0.25) is 0 Å². The van der Waals surface area contributed by atoms with Crippen molar-refractivity contribution in [3.8, 4) is 0 Å². The van der Waals surface area contributed by atoms with Crippen LogP contribution in [0.3, 0.4) is 0 Å². The van der Waals surface area contributed by atoms with Gasteiger partial charge in [0, 0.05) is 21.2 Å². The fraction of sp³-hybridized carbons (Fsp3) is 0.500. The lowest BCUT2D eigenvalue weighted by Gasteiger charge is -2.11. The third kappa shape index (κ3) is 4.76. The van der Waals surface area contributed by atoms with Gasteiger partial charge in [-0.25, -0.2) is 0 Å². The highest BCUT2D eigenvalue weighted by molar-refractivity contribution is 9.10. The first-order valence-corrected chi connectivity index (χ1v) is 7.62. The molecular weight excluding hydrogens is 286 g/mol. The van der Waals surface area contributed by atoms with Crippen LogP contribution in [0.4, 0.5) is 0 Å². The first-order chi connectivity index (χ1) is 7.63. The van der Waals surface area contributed by atoms with Crippen molar-refractivity contribution in [2.45, 2.75) is 31.2 Å². The van der Waals surface area contributed by atoms with Crippen molar-refractivity contribution in [2.75, 3.05) is 12.3 Å². The molecule has 1 rings (SSSR count). The average molecular weight is 304 g/mol. The van der Waals surface area contributed by atoms with E-state index in [0.29, 0.717) is 6.04 Å². The molecule has 1 N–H and O–H groups in total. The highest BCUT2D eigenvalue weighted by Gasteiger charge is 2.06. The molecule has 0 bridgehead atoms. The molecule has 0 aliphatic carbocycles. The van der Waals surface area contributed by atoms with E-state index in [1.54, 1.807) is 0 Å². The van der Waals surface area contributed by atoms with Crippen LogP contribution in [0.15, 0.2) is 33.6 Å². The van der Waals surface area contributed by atoms with Crippen molar-refractivity contribution in [3.63, 3.8) is 0 Å². The van der Waals surface area contributed by atoms with E-state index in [4.69, 9.17) is 0 Å². The van der Waals surface area contributed by atoms with Gasteiger partial charge in [-0.05, 0) is 44.2 Å². The average Bonchev–Trinajstić information content (AvgIpc) is 2.27. The van der Waals surface area contributed by atoms with E-state index < -0.39 is 10.8 Å². The molecule has 0 aliphatic rings. The van der Waals surface area contributed by atoms with E-state index in [9.17, 15) is 4.21 Å². The minimum Gasteiger partial charge on any atom is -0.315 e. The van der Waals surface area contributed by atoms with Crippen molar-refractivity contribution in [3.05, 3.63) is 28.7 Å². The molecule has 0 saturated carbocycles. The molecule has 2 nitrogen and oxygen atoms in total. The summed E-state index contributed by atoms with van der Waals surface area (Å²) in [7, 11) is -0.877. The third-order valence-corrected chi connectivity index (χ3v) is 4.30. The highest BCUT2D eigenvalue weighted by Crippen LogP contribution is 2.14. The summed E-state index contributed by atoms with van der Waals surface area (Å²) in [5.41, 5.74) is 0. The predicted octanol–water partition coefficient (Wildman–Crippen LogP) is 2.94. The summed E-state index contributed by atoms with van der Waals surface area (Å²) >= 11 is 3.37. The Morgan fingerprint density at radius 3 is 2.56 bits per heavy atom. The fourth-order valence-corrected chi connectivity index (χ4v) is 2.95. The van der Waals surface area contributed by atoms with Crippen molar-refractivity contribution in [1.29, 1.82) is 0 Å². The molecule has 0 radical (unpaired) electrons. The van der Waals surface area contributed by atoms with E-state index in [1.807, 2.05) is 24.3 Å². The lowest BCUT2D eigenvalue weighted by Crippen LogP contribution is -2.27. The van der Waals surface area contributed by atoms with Crippen molar-refractivity contribution >= 4 is 26.7 Å². The van der Waals surface area contributed by atoms with Crippen LogP contribution in [0.25, 0.3) is 0 Å². The summed E-state index contributed by atoms with van der Waals surface area (Å²) in [4.78, 5) is 0.909. The first-order valence-electron chi connectivity index (χ1n) is 5.50. The molecule has 16 heavy (non-hydrogen) atoms. The number of rotatable bonds is 6. The van der Waals surface area contributed by atoms with Gasteiger partial charge in [0.25, 0.3) is 0 Å². The molecule has 1 aromatic rings. The molecule has 2 unspecified atom stereocenters. The Morgan fingerprint density at radius 2 is 2.00 bits per heavy atom. The van der Waals surface area contributed by atoms with Gasteiger partial charge in [-0.1, -0.05) is 22.9 Å². The van der Waals surface area contributed by atoms with E-state index in [2.05, 4.69) is 35.1 Å².